The van der Waals surface area contributed by atoms with E-state index >= 15 is 0 Å². The van der Waals surface area contributed by atoms with Crippen LogP contribution in [0.1, 0.15) is 31.1 Å². The first-order chi connectivity index (χ1) is 9.40. The van der Waals surface area contributed by atoms with Gasteiger partial charge in [0, 0.05) is 17.4 Å². The monoisotopic (exact) mass is 310 g/mol. The summed E-state index contributed by atoms with van der Waals surface area (Å²) in [5.41, 5.74) is 21.8. The Morgan fingerprint density at radius 1 is 1.24 bits per heavy atom. The van der Waals surface area contributed by atoms with Gasteiger partial charge < -0.3 is 22.5 Å². The van der Waals surface area contributed by atoms with E-state index in [0.29, 0.717) is 18.1 Å². The molecular formula is C14H23ClN6. The number of nitrogens with two attached hydrogens (primary N) is 3. The number of rotatable bonds is 4. The highest BCUT2D eigenvalue weighted by molar-refractivity contribution is 5.85. The SMILES string of the molecule is Cc1cc(NCc2nn(C(C)C)c(N)c2N)ccc1N.Cl. The van der Waals surface area contributed by atoms with E-state index in [4.69, 9.17) is 17.2 Å². The minimum absolute atomic E-state index is 0. The van der Waals surface area contributed by atoms with E-state index in [9.17, 15) is 0 Å². The average Bonchev–Trinajstić information content (AvgIpc) is 2.68. The van der Waals surface area contributed by atoms with Crippen LogP contribution in [0.2, 0.25) is 0 Å². The lowest BCUT2D eigenvalue weighted by Crippen LogP contribution is -2.08. The first kappa shape index (κ1) is 17.0. The van der Waals surface area contributed by atoms with Crippen molar-refractivity contribution < 1.29 is 0 Å². The summed E-state index contributed by atoms with van der Waals surface area (Å²) in [6.07, 6.45) is 0. The lowest BCUT2D eigenvalue weighted by atomic mass is 10.2. The molecule has 0 saturated heterocycles. The number of anilines is 4. The number of nitrogens with one attached hydrogen (secondary N) is 1. The Balaban J connectivity index is 0.00000220. The molecule has 6 nitrogen and oxygen atoms in total. The number of halogens is 1. The van der Waals surface area contributed by atoms with E-state index in [-0.39, 0.29) is 18.4 Å². The van der Waals surface area contributed by atoms with Crippen molar-refractivity contribution in [3.8, 4) is 0 Å². The van der Waals surface area contributed by atoms with E-state index in [1.807, 2.05) is 39.0 Å². The van der Waals surface area contributed by atoms with E-state index < -0.39 is 0 Å². The van der Waals surface area contributed by atoms with Crippen molar-refractivity contribution in [2.24, 2.45) is 0 Å². The Bertz CT molecular complexity index is 620. The summed E-state index contributed by atoms with van der Waals surface area (Å²) in [5, 5.41) is 7.73. The molecule has 0 aliphatic rings. The molecule has 0 atom stereocenters. The number of hydrogen-bond acceptors (Lipinski definition) is 5. The molecule has 0 radical (unpaired) electrons. The predicted octanol–water partition coefficient (Wildman–Crippen LogP) is 2.55. The Labute approximate surface area is 131 Å². The van der Waals surface area contributed by atoms with Gasteiger partial charge in [-0.2, -0.15) is 5.10 Å². The van der Waals surface area contributed by atoms with Gasteiger partial charge in [-0.15, -0.1) is 12.4 Å². The maximum absolute atomic E-state index is 5.99. The smallest absolute Gasteiger partial charge is 0.145 e. The minimum Gasteiger partial charge on any atom is -0.399 e. The molecule has 7 N–H and O–H groups in total. The first-order valence-corrected chi connectivity index (χ1v) is 6.62. The van der Waals surface area contributed by atoms with Crippen molar-refractivity contribution in [3.05, 3.63) is 29.5 Å². The fraction of sp³-hybridized carbons (Fsp3) is 0.357. The zero-order valence-electron chi connectivity index (χ0n) is 12.6. The zero-order valence-corrected chi connectivity index (χ0v) is 13.4. The van der Waals surface area contributed by atoms with E-state index in [1.54, 1.807) is 4.68 Å². The molecule has 0 aliphatic heterocycles. The fourth-order valence-corrected chi connectivity index (χ4v) is 2.00. The van der Waals surface area contributed by atoms with Gasteiger partial charge in [0.15, 0.2) is 0 Å². The quantitative estimate of drug-likeness (QED) is 0.649. The molecule has 0 fully saturated rings. The first-order valence-electron chi connectivity index (χ1n) is 6.62. The summed E-state index contributed by atoms with van der Waals surface area (Å²) < 4.78 is 1.74. The Morgan fingerprint density at radius 2 is 1.90 bits per heavy atom. The molecule has 116 valence electrons. The number of hydrogen-bond donors (Lipinski definition) is 4. The van der Waals surface area contributed by atoms with Gasteiger partial charge in [-0.1, -0.05) is 0 Å². The number of benzene rings is 1. The molecule has 0 aliphatic carbocycles. The van der Waals surface area contributed by atoms with Crippen LogP contribution >= 0.6 is 12.4 Å². The summed E-state index contributed by atoms with van der Waals surface area (Å²) in [6, 6.07) is 5.99. The van der Waals surface area contributed by atoms with Crippen LogP contribution in [0.5, 0.6) is 0 Å². The maximum atomic E-state index is 5.99. The van der Waals surface area contributed by atoms with Crippen molar-refractivity contribution in [1.29, 1.82) is 0 Å². The fourth-order valence-electron chi connectivity index (χ4n) is 2.00. The van der Waals surface area contributed by atoms with E-state index in [2.05, 4.69) is 10.4 Å². The van der Waals surface area contributed by atoms with Crippen LogP contribution in [0.3, 0.4) is 0 Å². The van der Waals surface area contributed by atoms with Gasteiger partial charge in [-0.05, 0) is 44.5 Å². The minimum atomic E-state index is 0. The predicted molar refractivity (Wildman–Crippen MR) is 91.6 cm³/mol. The number of nitrogen functional groups attached to an aromatic ring is 3. The van der Waals surface area contributed by atoms with Gasteiger partial charge in [-0.25, -0.2) is 4.68 Å². The highest BCUT2D eigenvalue weighted by Gasteiger charge is 2.14. The molecule has 0 spiro atoms. The molecule has 0 amide bonds. The highest BCUT2D eigenvalue weighted by atomic mass is 35.5. The Hall–Kier alpha value is -2.08. The van der Waals surface area contributed by atoms with Crippen LogP contribution in [-0.4, -0.2) is 9.78 Å². The van der Waals surface area contributed by atoms with Gasteiger partial charge in [0.25, 0.3) is 0 Å². The van der Waals surface area contributed by atoms with Crippen LogP contribution in [-0.2, 0) is 6.54 Å². The lowest BCUT2D eigenvalue weighted by molar-refractivity contribution is 0.535. The molecule has 0 unspecified atom stereocenters. The maximum Gasteiger partial charge on any atom is 0.145 e. The third-order valence-corrected chi connectivity index (χ3v) is 3.28. The topological polar surface area (TPSA) is 108 Å². The van der Waals surface area contributed by atoms with Crippen molar-refractivity contribution in [1.82, 2.24) is 9.78 Å². The van der Waals surface area contributed by atoms with Gasteiger partial charge in [0.05, 0.1) is 12.2 Å². The summed E-state index contributed by atoms with van der Waals surface area (Å²) in [6.45, 7) is 6.53. The molecule has 0 saturated carbocycles. The van der Waals surface area contributed by atoms with Crippen molar-refractivity contribution in [3.63, 3.8) is 0 Å². The largest absolute Gasteiger partial charge is 0.399 e. The molecule has 0 bridgehead atoms. The van der Waals surface area contributed by atoms with Crippen LogP contribution in [0.15, 0.2) is 18.2 Å². The van der Waals surface area contributed by atoms with Gasteiger partial charge in [0.1, 0.15) is 11.5 Å². The van der Waals surface area contributed by atoms with Crippen LogP contribution in [0.25, 0.3) is 0 Å². The molecule has 2 aromatic rings. The normalized spacial score (nSPS) is 10.5. The molecule has 21 heavy (non-hydrogen) atoms. The Kier molecular flexibility index (Phi) is 5.32. The summed E-state index contributed by atoms with van der Waals surface area (Å²) >= 11 is 0. The molecule has 7 heteroatoms. The molecule has 2 rings (SSSR count). The number of nitrogens with zero attached hydrogens (tertiary/aromatic N) is 2. The summed E-state index contributed by atoms with van der Waals surface area (Å²) in [4.78, 5) is 0. The van der Waals surface area contributed by atoms with Crippen molar-refractivity contribution >= 4 is 35.3 Å². The standard InChI is InChI=1S/C14H22N6.ClH/c1-8(2)20-14(17)13(16)12(19-20)7-18-10-4-5-11(15)9(3)6-10;/h4-6,8,18H,7,15-17H2,1-3H3;1H. The van der Waals surface area contributed by atoms with Crippen LogP contribution < -0.4 is 22.5 Å². The molecule has 1 aromatic heterocycles. The lowest BCUT2D eigenvalue weighted by Gasteiger charge is -2.08. The number of aromatic nitrogens is 2. The highest BCUT2D eigenvalue weighted by Crippen LogP contribution is 2.24. The Morgan fingerprint density at radius 3 is 2.43 bits per heavy atom. The second kappa shape index (κ2) is 6.58. The third-order valence-electron chi connectivity index (χ3n) is 3.28. The summed E-state index contributed by atoms with van der Waals surface area (Å²) in [7, 11) is 0. The zero-order chi connectivity index (χ0) is 14.9. The van der Waals surface area contributed by atoms with Gasteiger partial charge in [0.2, 0.25) is 0 Å². The van der Waals surface area contributed by atoms with E-state index in [0.717, 1.165) is 22.6 Å². The van der Waals surface area contributed by atoms with Gasteiger partial charge >= 0.3 is 0 Å². The van der Waals surface area contributed by atoms with Gasteiger partial charge in [-0.3, -0.25) is 0 Å². The van der Waals surface area contributed by atoms with Crippen molar-refractivity contribution in [2.75, 3.05) is 22.5 Å². The summed E-state index contributed by atoms with van der Waals surface area (Å²) in [5.74, 6) is 0.519. The van der Waals surface area contributed by atoms with Crippen LogP contribution in [0.4, 0.5) is 22.9 Å². The second-order valence-corrected chi connectivity index (χ2v) is 5.21. The number of aryl methyl sites for hydroxylation is 1. The third kappa shape index (κ3) is 3.52. The van der Waals surface area contributed by atoms with E-state index in [1.165, 1.54) is 0 Å². The molecular weight excluding hydrogens is 288 g/mol. The molecule has 1 aromatic carbocycles. The molecule has 1 heterocycles. The average molecular weight is 311 g/mol. The second-order valence-electron chi connectivity index (χ2n) is 5.21. The van der Waals surface area contributed by atoms with Crippen molar-refractivity contribution in [2.45, 2.75) is 33.4 Å². The van der Waals surface area contributed by atoms with Crippen LogP contribution in [0, 0.1) is 6.92 Å².